The number of carbonyl (C=O) groups is 1. The maximum absolute atomic E-state index is 12.3. The van der Waals surface area contributed by atoms with E-state index in [-0.39, 0.29) is 23.8 Å². The van der Waals surface area contributed by atoms with Crippen LogP contribution in [0.3, 0.4) is 0 Å². The van der Waals surface area contributed by atoms with Gasteiger partial charge in [0.1, 0.15) is 5.41 Å². The van der Waals surface area contributed by atoms with Gasteiger partial charge in [0, 0.05) is 13.1 Å². The van der Waals surface area contributed by atoms with Crippen LogP contribution in [0.2, 0.25) is 0 Å². The van der Waals surface area contributed by atoms with Crippen LogP contribution in [0.5, 0.6) is 0 Å². The highest BCUT2D eigenvalue weighted by Crippen LogP contribution is 2.47. The Morgan fingerprint density at radius 1 is 1.53 bits per heavy atom. The Kier molecular flexibility index (Phi) is 2.99. The molecule has 2 atom stereocenters. The summed E-state index contributed by atoms with van der Waals surface area (Å²) in [5.74, 6) is 0.0311. The number of amides is 1. The SMILES string of the molecule is CC1CN(C(=O)C2(C(N)=NO)CC2)CCC1O. The molecule has 6 nitrogen and oxygen atoms in total. The predicted octanol–water partition coefficient (Wildman–Crippen LogP) is -0.258. The molecule has 0 radical (unpaired) electrons. The van der Waals surface area contributed by atoms with Crippen LogP contribution in [-0.2, 0) is 4.79 Å². The minimum absolute atomic E-state index is 0.0151. The van der Waals surface area contributed by atoms with Crippen molar-refractivity contribution < 1.29 is 15.1 Å². The van der Waals surface area contributed by atoms with E-state index in [1.165, 1.54) is 0 Å². The summed E-state index contributed by atoms with van der Waals surface area (Å²) in [6.45, 7) is 3.01. The van der Waals surface area contributed by atoms with Crippen LogP contribution in [0, 0.1) is 11.3 Å². The Balaban J connectivity index is 2.06. The molecule has 6 heteroatoms. The summed E-state index contributed by atoms with van der Waals surface area (Å²) < 4.78 is 0. The summed E-state index contributed by atoms with van der Waals surface area (Å²) in [5.41, 5.74) is 4.82. The summed E-state index contributed by atoms with van der Waals surface area (Å²) in [6, 6.07) is 0. The summed E-state index contributed by atoms with van der Waals surface area (Å²) >= 11 is 0. The first-order valence-corrected chi connectivity index (χ1v) is 5.96. The van der Waals surface area contributed by atoms with E-state index < -0.39 is 5.41 Å². The van der Waals surface area contributed by atoms with E-state index in [2.05, 4.69) is 5.16 Å². The maximum atomic E-state index is 12.3. The minimum Gasteiger partial charge on any atom is -0.409 e. The molecule has 2 fully saturated rings. The van der Waals surface area contributed by atoms with Crippen LogP contribution in [0.15, 0.2) is 5.16 Å². The first-order chi connectivity index (χ1) is 8.01. The molecule has 0 bridgehead atoms. The van der Waals surface area contributed by atoms with Gasteiger partial charge in [0.05, 0.1) is 6.10 Å². The average Bonchev–Trinajstić information content (AvgIpc) is 3.12. The quantitative estimate of drug-likeness (QED) is 0.268. The van der Waals surface area contributed by atoms with Gasteiger partial charge in [0.25, 0.3) is 0 Å². The van der Waals surface area contributed by atoms with Gasteiger partial charge in [-0.25, -0.2) is 0 Å². The van der Waals surface area contributed by atoms with Crippen LogP contribution in [-0.4, -0.2) is 46.1 Å². The van der Waals surface area contributed by atoms with E-state index in [0.717, 1.165) is 0 Å². The fraction of sp³-hybridized carbons (Fsp3) is 0.818. The molecule has 0 aromatic carbocycles. The van der Waals surface area contributed by atoms with Crippen LogP contribution in [0.4, 0.5) is 0 Å². The highest BCUT2D eigenvalue weighted by atomic mass is 16.4. The lowest BCUT2D eigenvalue weighted by Crippen LogP contribution is -2.50. The molecule has 0 spiro atoms. The highest BCUT2D eigenvalue weighted by Gasteiger charge is 2.56. The van der Waals surface area contributed by atoms with Gasteiger partial charge in [0.15, 0.2) is 5.84 Å². The number of amidine groups is 1. The number of nitrogens with two attached hydrogens (primary N) is 1. The molecule has 1 saturated heterocycles. The monoisotopic (exact) mass is 241 g/mol. The van der Waals surface area contributed by atoms with Crippen molar-refractivity contribution in [2.24, 2.45) is 22.2 Å². The Morgan fingerprint density at radius 3 is 2.65 bits per heavy atom. The van der Waals surface area contributed by atoms with Gasteiger partial charge in [-0.1, -0.05) is 12.1 Å². The number of piperidine rings is 1. The van der Waals surface area contributed by atoms with Crippen molar-refractivity contribution in [2.45, 2.75) is 32.3 Å². The minimum atomic E-state index is -0.767. The molecule has 0 aromatic rings. The van der Waals surface area contributed by atoms with Crippen molar-refractivity contribution in [3.8, 4) is 0 Å². The van der Waals surface area contributed by atoms with Crippen molar-refractivity contribution in [3.63, 3.8) is 0 Å². The van der Waals surface area contributed by atoms with E-state index >= 15 is 0 Å². The highest BCUT2D eigenvalue weighted by molar-refractivity contribution is 6.09. The second kappa shape index (κ2) is 4.18. The van der Waals surface area contributed by atoms with Crippen molar-refractivity contribution >= 4 is 11.7 Å². The normalized spacial score (nSPS) is 32.4. The van der Waals surface area contributed by atoms with Gasteiger partial charge in [-0.15, -0.1) is 0 Å². The number of rotatable bonds is 2. The Bertz CT molecular complexity index is 352. The largest absolute Gasteiger partial charge is 0.409 e. The smallest absolute Gasteiger partial charge is 0.236 e. The lowest BCUT2D eigenvalue weighted by atomic mass is 9.94. The Labute approximate surface area is 100 Å². The third kappa shape index (κ3) is 1.97. The number of hydrogen-bond acceptors (Lipinski definition) is 4. The summed E-state index contributed by atoms with van der Waals surface area (Å²) in [4.78, 5) is 14.0. The lowest BCUT2D eigenvalue weighted by Gasteiger charge is -2.36. The maximum Gasteiger partial charge on any atom is 0.236 e. The predicted molar refractivity (Wildman–Crippen MR) is 61.4 cm³/mol. The van der Waals surface area contributed by atoms with Crippen molar-refractivity contribution in [3.05, 3.63) is 0 Å². The van der Waals surface area contributed by atoms with Crippen LogP contribution in [0.1, 0.15) is 26.2 Å². The second-order valence-corrected chi connectivity index (χ2v) is 5.15. The molecule has 17 heavy (non-hydrogen) atoms. The number of carbonyl (C=O) groups excluding carboxylic acids is 1. The number of aliphatic hydroxyl groups is 1. The molecule has 2 unspecified atom stereocenters. The van der Waals surface area contributed by atoms with E-state index in [1.54, 1.807) is 4.90 Å². The van der Waals surface area contributed by atoms with Crippen molar-refractivity contribution in [1.29, 1.82) is 0 Å². The zero-order valence-corrected chi connectivity index (χ0v) is 9.96. The van der Waals surface area contributed by atoms with Crippen LogP contribution in [0.25, 0.3) is 0 Å². The first kappa shape index (κ1) is 12.2. The molecule has 0 aromatic heterocycles. The molecule has 2 rings (SSSR count). The van der Waals surface area contributed by atoms with Gasteiger partial charge in [-0.05, 0) is 25.2 Å². The fourth-order valence-electron chi connectivity index (χ4n) is 2.42. The van der Waals surface area contributed by atoms with E-state index in [0.29, 0.717) is 32.4 Å². The number of hydrogen-bond donors (Lipinski definition) is 3. The molecule has 4 N–H and O–H groups in total. The van der Waals surface area contributed by atoms with E-state index in [1.807, 2.05) is 6.92 Å². The standard InChI is InChI=1S/C11H19N3O3/c1-7-6-14(5-2-8(7)15)10(16)11(3-4-11)9(12)13-17/h7-8,15,17H,2-6H2,1H3,(H2,12,13). The zero-order valence-electron chi connectivity index (χ0n) is 9.96. The van der Waals surface area contributed by atoms with Gasteiger partial charge in [-0.3, -0.25) is 4.79 Å². The van der Waals surface area contributed by atoms with Gasteiger partial charge in [-0.2, -0.15) is 0 Å². The molecule has 96 valence electrons. The van der Waals surface area contributed by atoms with Gasteiger partial charge >= 0.3 is 0 Å². The van der Waals surface area contributed by atoms with Crippen LogP contribution >= 0.6 is 0 Å². The molecule has 1 saturated carbocycles. The number of likely N-dealkylation sites (tertiary alicyclic amines) is 1. The van der Waals surface area contributed by atoms with Crippen molar-refractivity contribution in [2.75, 3.05) is 13.1 Å². The van der Waals surface area contributed by atoms with Crippen molar-refractivity contribution in [1.82, 2.24) is 4.90 Å². The fourth-order valence-corrected chi connectivity index (χ4v) is 2.42. The second-order valence-electron chi connectivity index (χ2n) is 5.15. The summed E-state index contributed by atoms with van der Waals surface area (Å²) in [5, 5.41) is 21.3. The molecule has 1 heterocycles. The Morgan fingerprint density at radius 2 is 2.18 bits per heavy atom. The molecular formula is C11H19N3O3. The van der Waals surface area contributed by atoms with Gasteiger partial charge < -0.3 is 20.9 Å². The third-order valence-electron chi connectivity index (χ3n) is 3.90. The van der Waals surface area contributed by atoms with E-state index in [4.69, 9.17) is 10.9 Å². The average molecular weight is 241 g/mol. The summed E-state index contributed by atoms with van der Waals surface area (Å²) in [6.07, 6.45) is 1.56. The number of aliphatic hydroxyl groups excluding tert-OH is 1. The Hall–Kier alpha value is -1.30. The van der Waals surface area contributed by atoms with Crippen LogP contribution < -0.4 is 5.73 Å². The molecule has 1 amide bonds. The summed E-state index contributed by atoms with van der Waals surface area (Å²) in [7, 11) is 0. The topological polar surface area (TPSA) is 99.2 Å². The molecule has 1 aliphatic carbocycles. The van der Waals surface area contributed by atoms with E-state index in [9.17, 15) is 9.90 Å². The molecular weight excluding hydrogens is 222 g/mol. The zero-order chi connectivity index (χ0) is 12.6. The number of oxime groups is 1. The van der Waals surface area contributed by atoms with Gasteiger partial charge in [0.2, 0.25) is 5.91 Å². The number of nitrogens with zero attached hydrogens (tertiary/aromatic N) is 2. The first-order valence-electron chi connectivity index (χ1n) is 5.96. The lowest BCUT2D eigenvalue weighted by molar-refractivity contribution is -0.138. The molecule has 2 aliphatic rings. The third-order valence-corrected chi connectivity index (χ3v) is 3.90. The molecule has 1 aliphatic heterocycles.